The molecule has 1 atom stereocenters. The first-order valence-electron chi connectivity index (χ1n) is 7.72. The van der Waals surface area contributed by atoms with Crippen LogP contribution >= 0.6 is 11.6 Å². The third-order valence-electron chi connectivity index (χ3n) is 3.48. The molecule has 1 unspecified atom stereocenters. The van der Waals surface area contributed by atoms with E-state index in [1.165, 1.54) is 0 Å². The van der Waals surface area contributed by atoms with Crippen LogP contribution in [-0.4, -0.2) is 18.0 Å². The normalized spacial score (nSPS) is 11.5. The minimum Gasteiger partial charge on any atom is -0.350 e. The number of hydrogen-bond acceptors (Lipinski definition) is 2. The van der Waals surface area contributed by atoms with Gasteiger partial charge in [0.05, 0.1) is 0 Å². The zero-order chi connectivity index (χ0) is 17.5. The molecule has 5 nitrogen and oxygen atoms in total. The van der Waals surface area contributed by atoms with E-state index in [1.54, 1.807) is 48.5 Å². The second-order valence-corrected chi connectivity index (χ2v) is 5.89. The largest absolute Gasteiger partial charge is 0.350 e. The van der Waals surface area contributed by atoms with Crippen LogP contribution in [0.5, 0.6) is 0 Å². The summed E-state index contributed by atoms with van der Waals surface area (Å²) >= 11 is 5.87. The fourth-order valence-corrected chi connectivity index (χ4v) is 2.16. The molecule has 0 aliphatic heterocycles. The van der Waals surface area contributed by atoms with Gasteiger partial charge in [0.2, 0.25) is 0 Å². The Morgan fingerprint density at radius 3 is 2.33 bits per heavy atom. The molecule has 3 amide bonds. The zero-order valence-electron chi connectivity index (χ0n) is 13.6. The lowest BCUT2D eigenvalue weighted by atomic mass is 10.1. The molecule has 0 aromatic heterocycles. The molecule has 3 N–H and O–H groups in total. The van der Waals surface area contributed by atoms with E-state index < -0.39 is 0 Å². The monoisotopic (exact) mass is 345 g/mol. The quantitative estimate of drug-likeness (QED) is 0.746. The van der Waals surface area contributed by atoms with Crippen LogP contribution in [0.2, 0.25) is 5.02 Å². The molecule has 2 rings (SSSR count). The highest BCUT2D eigenvalue weighted by molar-refractivity contribution is 6.30. The SMILES string of the molecule is CCC(C)NC(=O)c1ccc(NC(=O)Nc2cccc(Cl)c2)cc1. The number of halogens is 1. The van der Waals surface area contributed by atoms with Crippen molar-refractivity contribution >= 4 is 34.9 Å². The Balaban J connectivity index is 1.93. The molecule has 0 aliphatic carbocycles. The molecule has 0 aliphatic rings. The van der Waals surface area contributed by atoms with E-state index >= 15 is 0 Å². The van der Waals surface area contributed by atoms with Gasteiger partial charge in [-0.25, -0.2) is 4.79 Å². The molecule has 6 heteroatoms. The lowest BCUT2D eigenvalue weighted by Gasteiger charge is -2.12. The molecule has 0 bridgehead atoms. The van der Waals surface area contributed by atoms with Gasteiger partial charge in [0, 0.05) is 28.0 Å². The molecular formula is C18H20ClN3O2. The smallest absolute Gasteiger partial charge is 0.323 e. The van der Waals surface area contributed by atoms with E-state index in [1.807, 2.05) is 13.8 Å². The lowest BCUT2D eigenvalue weighted by Crippen LogP contribution is -2.31. The number of benzene rings is 2. The van der Waals surface area contributed by atoms with Gasteiger partial charge in [-0.05, 0) is 55.8 Å². The summed E-state index contributed by atoms with van der Waals surface area (Å²) in [5.74, 6) is -0.126. The van der Waals surface area contributed by atoms with Crippen molar-refractivity contribution in [3.63, 3.8) is 0 Å². The van der Waals surface area contributed by atoms with E-state index in [0.717, 1.165) is 6.42 Å². The molecular weight excluding hydrogens is 326 g/mol. The molecule has 2 aromatic rings. The summed E-state index contributed by atoms with van der Waals surface area (Å²) in [5, 5.41) is 8.83. The fraction of sp³-hybridized carbons (Fsp3) is 0.222. The third kappa shape index (κ3) is 5.28. The first-order valence-corrected chi connectivity index (χ1v) is 8.10. The molecule has 0 heterocycles. The second kappa shape index (κ2) is 8.36. The van der Waals surface area contributed by atoms with Gasteiger partial charge in [-0.1, -0.05) is 24.6 Å². The van der Waals surface area contributed by atoms with Crippen molar-refractivity contribution in [2.75, 3.05) is 10.6 Å². The van der Waals surface area contributed by atoms with Crippen LogP contribution in [0, 0.1) is 0 Å². The second-order valence-electron chi connectivity index (χ2n) is 5.45. The summed E-state index contributed by atoms with van der Waals surface area (Å²) < 4.78 is 0. The van der Waals surface area contributed by atoms with Gasteiger partial charge in [0.25, 0.3) is 5.91 Å². The summed E-state index contributed by atoms with van der Waals surface area (Å²) in [6.07, 6.45) is 0.870. The maximum absolute atomic E-state index is 12.0. The minimum atomic E-state index is -0.380. The van der Waals surface area contributed by atoms with Gasteiger partial charge in [0.1, 0.15) is 0 Å². The Morgan fingerprint density at radius 2 is 1.71 bits per heavy atom. The summed E-state index contributed by atoms with van der Waals surface area (Å²) in [4.78, 5) is 23.9. The van der Waals surface area contributed by atoms with Crippen LogP contribution in [0.25, 0.3) is 0 Å². The van der Waals surface area contributed by atoms with Crippen molar-refractivity contribution in [1.29, 1.82) is 0 Å². The number of rotatable bonds is 5. The first kappa shape index (κ1) is 17.8. The molecule has 126 valence electrons. The Kier molecular flexibility index (Phi) is 6.21. The predicted octanol–water partition coefficient (Wildman–Crippen LogP) is 4.51. The van der Waals surface area contributed by atoms with Crippen LogP contribution in [-0.2, 0) is 0 Å². The van der Waals surface area contributed by atoms with Crippen LogP contribution in [0.4, 0.5) is 16.2 Å². The standard InChI is InChI=1S/C18H20ClN3O2/c1-3-12(2)20-17(23)13-7-9-15(10-8-13)21-18(24)22-16-6-4-5-14(19)11-16/h4-12H,3H2,1-2H3,(H,20,23)(H2,21,22,24). The minimum absolute atomic E-state index is 0.124. The fourth-order valence-electron chi connectivity index (χ4n) is 1.97. The molecule has 0 saturated heterocycles. The summed E-state index contributed by atoms with van der Waals surface area (Å²) in [5.41, 5.74) is 1.75. The number of hydrogen-bond donors (Lipinski definition) is 3. The van der Waals surface area contributed by atoms with Crippen LogP contribution in [0.1, 0.15) is 30.6 Å². The molecule has 0 spiro atoms. The maximum atomic E-state index is 12.0. The van der Waals surface area contributed by atoms with E-state index in [0.29, 0.717) is 22.0 Å². The van der Waals surface area contributed by atoms with E-state index in [9.17, 15) is 9.59 Å². The Bertz CT molecular complexity index is 716. The Hall–Kier alpha value is -2.53. The summed E-state index contributed by atoms with van der Waals surface area (Å²) in [6, 6.07) is 13.3. The van der Waals surface area contributed by atoms with Crippen LogP contribution in [0.15, 0.2) is 48.5 Å². The van der Waals surface area contributed by atoms with Gasteiger partial charge in [-0.3, -0.25) is 4.79 Å². The van der Waals surface area contributed by atoms with Gasteiger partial charge < -0.3 is 16.0 Å². The van der Waals surface area contributed by atoms with Crippen molar-refractivity contribution in [3.8, 4) is 0 Å². The first-order chi connectivity index (χ1) is 11.5. The average Bonchev–Trinajstić information content (AvgIpc) is 2.55. The summed E-state index contributed by atoms with van der Waals surface area (Å²) in [6.45, 7) is 3.96. The van der Waals surface area contributed by atoms with E-state index in [4.69, 9.17) is 11.6 Å². The Labute approximate surface area is 146 Å². The number of anilines is 2. The molecule has 0 radical (unpaired) electrons. The van der Waals surface area contributed by atoms with Crippen molar-refractivity contribution in [2.24, 2.45) is 0 Å². The number of urea groups is 1. The number of carbonyl (C=O) groups is 2. The van der Waals surface area contributed by atoms with Crippen molar-refractivity contribution in [3.05, 3.63) is 59.1 Å². The Morgan fingerprint density at radius 1 is 1.04 bits per heavy atom. The van der Waals surface area contributed by atoms with Crippen molar-refractivity contribution in [1.82, 2.24) is 5.32 Å². The number of amides is 3. The highest BCUT2D eigenvalue weighted by Gasteiger charge is 2.09. The van der Waals surface area contributed by atoms with Crippen molar-refractivity contribution < 1.29 is 9.59 Å². The average molecular weight is 346 g/mol. The molecule has 24 heavy (non-hydrogen) atoms. The van der Waals surface area contributed by atoms with Gasteiger partial charge in [-0.2, -0.15) is 0 Å². The van der Waals surface area contributed by atoms with Gasteiger partial charge >= 0.3 is 6.03 Å². The van der Waals surface area contributed by atoms with E-state index in [-0.39, 0.29) is 18.0 Å². The lowest BCUT2D eigenvalue weighted by molar-refractivity contribution is 0.0939. The highest BCUT2D eigenvalue weighted by atomic mass is 35.5. The zero-order valence-corrected chi connectivity index (χ0v) is 14.4. The predicted molar refractivity (Wildman–Crippen MR) is 97.8 cm³/mol. The number of carbonyl (C=O) groups excluding carboxylic acids is 2. The topological polar surface area (TPSA) is 70.2 Å². The maximum Gasteiger partial charge on any atom is 0.323 e. The van der Waals surface area contributed by atoms with Crippen LogP contribution < -0.4 is 16.0 Å². The third-order valence-corrected chi connectivity index (χ3v) is 3.71. The highest BCUT2D eigenvalue weighted by Crippen LogP contribution is 2.16. The number of nitrogens with one attached hydrogen (secondary N) is 3. The molecule has 0 saturated carbocycles. The van der Waals surface area contributed by atoms with Gasteiger partial charge in [0.15, 0.2) is 0 Å². The van der Waals surface area contributed by atoms with Crippen LogP contribution in [0.3, 0.4) is 0 Å². The molecule has 0 fully saturated rings. The van der Waals surface area contributed by atoms with Crippen molar-refractivity contribution in [2.45, 2.75) is 26.3 Å². The van der Waals surface area contributed by atoms with E-state index in [2.05, 4.69) is 16.0 Å². The molecule has 2 aromatic carbocycles. The van der Waals surface area contributed by atoms with Gasteiger partial charge in [-0.15, -0.1) is 0 Å². The summed E-state index contributed by atoms with van der Waals surface area (Å²) in [7, 11) is 0.